The molecule has 1 heterocycles. The highest BCUT2D eigenvalue weighted by atomic mass is 32.2. The summed E-state index contributed by atoms with van der Waals surface area (Å²) in [5.41, 5.74) is 1.06. The molecule has 1 amide bonds. The molecule has 0 radical (unpaired) electrons. The number of aryl methyl sites for hydroxylation is 1. The molecule has 0 aliphatic carbocycles. The van der Waals surface area contributed by atoms with Gasteiger partial charge >= 0.3 is 0 Å². The molecule has 1 aliphatic heterocycles. The van der Waals surface area contributed by atoms with Crippen molar-refractivity contribution in [1.29, 1.82) is 0 Å². The number of likely N-dealkylation sites (N-methyl/N-ethyl adjacent to an activating group) is 1. The van der Waals surface area contributed by atoms with Crippen molar-refractivity contribution in [3.05, 3.63) is 29.8 Å². The molecular weight excluding hydrogens is 290 g/mol. The van der Waals surface area contributed by atoms with Crippen LogP contribution >= 0.6 is 0 Å². The first kappa shape index (κ1) is 15.8. The van der Waals surface area contributed by atoms with Crippen molar-refractivity contribution in [2.24, 2.45) is 0 Å². The predicted octanol–water partition coefficient (Wildman–Crippen LogP) is 1.41. The fraction of sp³-hybridized carbons (Fsp3) is 0.533. The van der Waals surface area contributed by atoms with Gasteiger partial charge in [-0.15, -0.1) is 0 Å². The molecule has 1 aromatic carbocycles. The smallest absolute Gasteiger partial charge is 0.263 e. The summed E-state index contributed by atoms with van der Waals surface area (Å²) in [5, 5.41) is 0. The SMILES string of the molecule is Cc1cccc(OC(C)C(=O)N(C)C2CCS(=O)(=O)C2)c1. The number of benzene rings is 1. The number of sulfone groups is 1. The molecule has 0 spiro atoms. The molecule has 1 saturated heterocycles. The van der Waals surface area contributed by atoms with Crippen LogP contribution in [0.15, 0.2) is 24.3 Å². The molecule has 2 atom stereocenters. The second-order valence-corrected chi connectivity index (χ2v) is 7.81. The van der Waals surface area contributed by atoms with Crippen LogP contribution in [0.25, 0.3) is 0 Å². The van der Waals surface area contributed by atoms with E-state index in [1.165, 1.54) is 4.90 Å². The number of carbonyl (C=O) groups excluding carboxylic acids is 1. The van der Waals surface area contributed by atoms with Crippen LogP contribution in [-0.4, -0.2) is 49.9 Å². The van der Waals surface area contributed by atoms with Crippen LogP contribution in [0.4, 0.5) is 0 Å². The Balaban J connectivity index is 1.99. The molecule has 0 aromatic heterocycles. The number of amides is 1. The Morgan fingerprint density at radius 2 is 2.14 bits per heavy atom. The van der Waals surface area contributed by atoms with Crippen LogP contribution in [0.2, 0.25) is 0 Å². The zero-order valence-corrected chi connectivity index (χ0v) is 13.4. The van der Waals surface area contributed by atoms with Crippen LogP contribution in [0.5, 0.6) is 5.75 Å². The van der Waals surface area contributed by atoms with Gasteiger partial charge in [0.1, 0.15) is 5.75 Å². The topological polar surface area (TPSA) is 63.7 Å². The molecule has 2 unspecified atom stereocenters. The Bertz CT molecular complexity index is 626. The second kappa shape index (κ2) is 6.05. The molecular formula is C15H21NO4S. The van der Waals surface area contributed by atoms with E-state index in [0.717, 1.165) is 5.56 Å². The van der Waals surface area contributed by atoms with Crippen molar-refractivity contribution < 1.29 is 17.9 Å². The average molecular weight is 311 g/mol. The van der Waals surface area contributed by atoms with E-state index >= 15 is 0 Å². The van der Waals surface area contributed by atoms with Crippen molar-refractivity contribution in [1.82, 2.24) is 4.90 Å². The maximum Gasteiger partial charge on any atom is 0.263 e. The highest BCUT2D eigenvalue weighted by Gasteiger charge is 2.34. The summed E-state index contributed by atoms with van der Waals surface area (Å²) >= 11 is 0. The first-order chi connectivity index (χ1) is 9.78. The lowest BCUT2D eigenvalue weighted by atomic mass is 10.2. The lowest BCUT2D eigenvalue weighted by Crippen LogP contribution is -2.44. The lowest BCUT2D eigenvalue weighted by Gasteiger charge is -2.26. The van der Waals surface area contributed by atoms with E-state index in [1.54, 1.807) is 20.0 Å². The minimum atomic E-state index is -3.00. The Morgan fingerprint density at radius 1 is 1.43 bits per heavy atom. The Morgan fingerprint density at radius 3 is 2.71 bits per heavy atom. The summed E-state index contributed by atoms with van der Waals surface area (Å²) in [6.07, 6.45) is -0.137. The minimum Gasteiger partial charge on any atom is -0.481 e. The van der Waals surface area contributed by atoms with E-state index in [9.17, 15) is 13.2 Å². The summed E-state index contributed by atoms with van der Waals surface area (Å²) in [6, 6.07) is 7.25. The molecule has 0 bridgehead atoms. The van der Waals surface area contributed by atoms with Gasteiger partial charge in [0.05, 0.1) is 11.5 Å². The van der Waals surface area contributed by atoms with E-state index in [1.807, 2.05) is 25.1 Å². The molecule has 21 heavy (non-hydrogen) atoms. The summed E-state index contributed by atoms with van der Waals surface area (Å²) in [4.78, 5) is 13.8. The standard InChI is InChI=1S/C15H21NO4S/c1-11-5-4-6-14(9-11)20-12(2)15(17)16(3)13-7-8-21(18,19)10-13/h4-6,9,12-13H,7-8,10H2,1-3H3. The van der Waals surface area contributed by atoms with Crippen LogP contribution < -0.4 is 4.74 Å². The molecule has 1 aliphatic rings. The number of nitrogens with zero attached hydrogens (tertiary/aromatic N) is 1. The predicted molar refractivity (Wildman–Crippen MR) is 81.1 cm³/mol. The quantitative estimate of drug-likeness (QED) is 0.843. The molecule has 6 heteroatoms. The Hall–Kier alpha value is -1.56. The van der Waals surface area contributed by atoms with Crippen LogP contribution in [-0.2, 0) is 14.6 Å². The van der Waals surface area contributed by atoms with Gasteiger partial charge in [0.25, 0.3) is 5.91 Å². The van der Waals surface area contributed by atoms with Gasteiger partial charge in [-0.1, -0.05) is 12.1 Å². The second-order valence-electron chi connectivity index (χ2n) is 5.58. The third-order valence-electron chi connectivity index (χ3n) is 3.75. The first-order valence-electron chi connectivity index (χ1n) is 6.99. The number of hydrogen-bond acceptors (Lipinski definition) is 4. The van der Waals surface area contributed by atoms with E-state index in [4.69, 9.17) is 4.74 Å². The Kier molecular flexibility index (Phi) is 4.56. The molecule has 5 nitrogen and oxygen atoms in total. The van der Waals surface area contributed by atoms with Crippen molar-refractivity contribution >= 4 is 15.7 Å². The minimum absolute atomic E-state index is 0.0480. The molecule has 0 N–H and O–H groups in total. The van der Waals surface area contributed by atoms with Crippen molar-refractivity contribution in [3.8, 4) is 5.75 Å². The summed E-state index contributed by atoms with van der Waals surface area (Å²) in [5.74, 6) is 0.649. The van der Waals surface area contributed by atoms with E-state index < -0.39 is 15.9 Å². The van der Waals surface area contributed by atoms with Gasteiger partial charge in [-0.2, -0.15) is 0 Å². The van der Waals surface area contributed by atoms with Crippen molar-refractivity contribution in [2.45, 2.75) is 32.4 Å². The fourth-order valence-electron chi connectivity index (χ4n) is 2.49. The molecule has 2 rings (SSSR count). The molecule has 0 saturated carbocycles. The van der Waals surface area contributed by atoms with E-state index in [2.05, 4.69) is 0 Å². The maximum absolute atomic E-state index is 12.3. The van der Waals surface area contributed by atoms with Crippen molar-refractivity contribution in [3.63, 3.8) is 0 Å². The number of hydrogen-bond donors (Lipinski definition) is 0. The molecule has 116 valence electrons. The maximum atomic E-state index is 12.3. The monoisotopic (exact) mass is 311 g/mol. The highest BCUT2D eigenvalue weighted by Crippen LogP contribution is 2.19. The summed E-state index contributed by atoms with van der Waals surface area (Å²) < 4.78 is 28.6. The third kappa shape index (κ3) is 3.97. The van der Waals surface area contributed by atoms with Gasteiger partial charge in [0.2, 0.25) is 0 Å². The van der Waals surface area contributed by atoms with Crippen LogP contribution in [0.1, 0.15) is 18.9 Å². The van der Waals surface area contributed by atoms with E-state index in [0.29, 0.717) is 12.2 Å². The number of ether oxygens (including phenoxy) is 1. The average Bonchev–Trinajstić information content (AvgIpc) is 2.77. The summed E-state index contributed by atoms with van der Waals surface area (Å²) in [7, 11) is -1.36. The van der Waals surface area contributed by atoms with Gasteiger partial charge in [-0.25, -0.2) is 8.42 Å². The first-order valence-corrected chi connectivity index (χ1v) is 8.81. The number of rotatable bonds is 4. The fourth-order valence-corrected chi connectivity index (χ4v) is 4.27. The lowest BCUT2D eigenvalue weighted by molar-refractivity contribution is -0.138. The molecule has 1 fully saturated rings. The highest BCUT2D eigenvalue weighted by molar-refractivity contribution is 7.91. The van der Waals surface area contributed by atoms with Gasteiger partial charge in [0.15, 0.2) is 15.9 Å². The van der Waals surface area contributed by atoms with Gasteiger partial charge in [-0.3, -0.25) is 4.79 Å². The van der Waals surface area contributed by atoms with Crippen molar-refractivity contribution in [2.75, 3.05) is 18.6 Å². The van der Waals surface area contributed by atoms with E-state index in [-0.39, 0.29) is 23.5 Å². The zero-order valence-electron chi connectivity index (χ0n) is 12.6. The van der Waals surface area contributed by atoms with Gasteiger partial charge < -0.3 is 9.64 Å². The Labute approximate surface area is 125 Å². The summed E-state index contributed by atoms with van der Waals surface area (Å²) in [6.45, 7) is 3.64. The third-order valence-corrected chi connectivity index (χ3v) is 5.50. The number of carbonyl (C=O) groups is 1. The zero-order chi connectivity index (χ0) is 15.6. The van der Waals surface area contributed by atoms with Gasteiger partial charge in [-0.05, 0) is 38.0 Å². The largest absolute Gasteiger partial charge is 0.481 e. The normalized spacial score (nSPS) is 21.8. The van der Waals surface area contributed by atoms with Gasteiger partial charge in [0, 0.05) is 13.1 Å². The molecule has 1 aromatic rings. The van der Waals surface area contributed by atoms with Crippen LogP contribution in [0.3, 0.4) is 0 Å². The van der Waals surface area contributed by atoms with Crippen LogP contribution in [0, 0.1) is 6.92 Å².